The van der Waals surface area contributed by atoms with E-state index >= 15 is 0 Å². The van der Waals surface area contributed by atoms with Crippen LogP contribution in [0.2, 0.25) is 0 Å². The third-order valence-corrected chi connectivity index (χ3v) is 3.99. The first-order valence-corrected chi connectivity index (χ1v) is 8.47. The third kappa shape index (κ3) is 3.18. The van der Waals surface area contributed by atoms with Crippen LogP contribution in [0.15, 0.2) is 53.1 Å². The fourth-order valence-electron chi connectivity index (χ4n) is 2.93. The molecular weight excluding hydrogens is 300 g/mol. The van der Waals surface area contributed by atoms with Crippen LogP contribution in [-0.2, 0) is 0 Å². The molecule has 0 radical (unpaired) electrons. The Morgan fingerprint density at radius 3 is 2.50 bits per heavy atom. The summed E-state index contributed by atoms with van der Waals surface area (Å²) < 4.78 is 5.47. The minimum Gasteiger partial charge on any atom is -0.463 e. The van der Waals surface area contributed by atoms with Gasteiger partial charge in [-0.25, -0.2) is 4.98 Å². The minimum absolute atomic E-state index is 0.0603. The Kier molecular flexibility index (Phi) is 4.94. The number of rotatable bonds is 6. The molecule has 0 aliphatic rings. The highest BCUT2D eigenvalue weighted by Gasteiger charge is 2.19. The summed E-state index contributed by atoms with van der Waals surface area (Å²) in [4.78, 5) is 19.7. The Labute approximate surface area is 142 Å². The molecule has 0 saturated heterocycles. The van der Waals surface area contributed by atoms with Gasteiger partial charge in [0.15, 0.2) is 5.76 Å². The third-order valence-electron chi connectivity index (χ3n) is 3.99. The lowest BCUT2D eigenvalue weighted by molar-refractivity contribution is 0.0757. The second kappa shape index (κ2) is 7.30. The number of hydrogen-bond acceptors (Lipinski definition) is 3. The number of carbonyl (C=O) groups excluding carboxylic acids is 1. The lowest BCUT2D eigenvalue weighted by Crippen LogP contribution is -2.32. The molecule has 0 N–H and O–H groups in total. The molecule has 0 fully saturated rings. The average Bonchev–Trinajstić information content (AvgIpc) is 3.14. The van der Waals surface area contributed by atoms with Crippen molar-refractivity contribution in [1.82, 2.24) is 9.88 Å². The van der Waals surface area contributed by atoms with E-state index in [0.717, 1.165) is 36.8 Å². The highest BCUT2D eigenvalue weighted by molar-refractivity contribution is 6.07. The van der Waals surface area contributed by atoms with E-state index < -0.39 is 0 Å². The molecule has 124 valence electrons. The molecule has 4 heteroatoms. The maximum absolute atomic E-state index is 13.1. The van der Waals surface area contributed by atoms with Gasteiger partial charge in [-0.05, 0) is 37.1 Å². The van der Waals surface area contributed by atoms with Crippen LogP contribution in [0.3, 0.4) is 0 Å². The lowest BCUT2D eigenvalue weighted by Gasteiger charge is -2.22. The smallest absolute Gasteiger partial charge is 0.254 e. The summed E-state index contributed by atoms with van der Waals surface area (Å²) >= 11 is 0. The van der Waals surface area contributed by atoms with Gasteiger partial charge in [-0.3, -0.25) is 4.79 Å². The number of carbonyl (C=O) groups is 1. The Morgan fingerprint density at radius 1 is 1.08 bits per heavy atom. The van der Waals surface area contributed by atoms with Crippen LogP contribution in [0.4, 0.5) is 0 Å². The minimum atomic E-state index is 0.0603. The van der Waals surface area contributed by atoms with E-state index in [4.69, 9.17) is 4.42 Å². The molecule has 2 heterocycles. The molecule has 3 aromatic rings. The number of aromatic nitrogens is 1. The highest BCUT2D eigenvalue weighted by Crippen LogP contribution is 2.26. The molecule has 4 nitrogen and oxygen atoms in total. The van der Waals surface area contributed by atoms with Gasteiger partial charge < -0.3 is 9.32 Å². The molecule has 0 aliphatic carbocycles. The monoisotopic (exact) mass is 322 g/mol. The number of hydrogen-bond donors (Lipinski definition) is 0. The Balaban J connectivity index is 2.12. The van der Waals surface area contributed by atoms with Crippen molar-refractivity contribution in [3.63, 3.8) is 0 Å². The highest BCUT2D eigenvalue weighted by atomic mass is 16.3. The van der Waals surface area contributed by atoms with Crippen molar-refractivity contribution in [2.24, 2.45) is 0 Å². The molecule has 0 unspecified atom stereocenters. The summed E-state index contributed by atoms with van der Waals surface area (Å²) in [6.07, 6.45) is 3.51. The van der Waals surface area contributed by atoms with Crippen LogP contribution >= 0.6 is 0 Å². The summed E-state index contributed by atoms with van der Waals surface area (Å²) in [6.45, 7) is 5.71. The molecular formula is C20H22N2O2. The Morgan fingerprint density at radius 2 is 1.83 bits per heavy atom. The fraction of sp³-hybridized carbons (Fsp3) is 0.300. The van der Waals surface area contributed by atoms with Gasteiger partial charge in [-0.2, -0.15) is 0 Å². The van der Waals surface area contributed by atoms with Crippen LogP contribution in [0.1, 0.15) is 37.0 Å². The fourth-order valence-corrected chi connectivity index (χ4v) is 2.93. The molecule has 0 atom stereocenters. The van der Waals surface area contributed by atoms with Gasteiger partial charge in [0.25, 0.3) is 5.91 Å². The molecule has 3 rings (SSSR count). The van der Waals surface area contributed by atoms with Crippen molar-refractivity contribution in [2.75, 3.05) is 13.1 Å². The normalized spacial score (nSPS) is 10.9. The number of nitrogens with zero attached hydrogens (tertiary/aromatic N) is 2. The van der Waals surface area contributed by atoms with Gasteiger partial charge in [0.05, 0.1) is 17.3 Å². The predicted molar refractivity (Wildman–Crippen MR) is 95.9 cm³/mol. The summed E-state index contributed by atoms with van der Waals surface area (Å²) in [6, 6.07) is 13.3. The van der Waals surface area contributed by atoms with Crippen LogP contribution in [0, 0.1) is 0 Å². The molecule has 0 saturated carbocycles. The van der Waals surface area contributed by atoms with Crippen molar-refractivity contribution in [3.05, 3.63) is 54.3 Å². The Hall–Kier alpha value is -2.62. The van der Waals surface area contributed by atoms with E-state index in [1.807, 2.05) is 47.4 Å². The first kappa shape index (κ1) is 16.2. The van der Waals surface area contributed by atoms with Crippen molar-refractivity contribution in [1.29, 1.82) is 0 Å². The summed E-state index contributed by atoms with van der Waals surface area (Å²) in [7, 11) is 0. The van der Waals surface area contributed by atoms with Crippen LogP contribution in [0.25, 0.3) is 22.4 Å². The zero-order chi connectivity index (χ0) is 16.9. The van der Waals surface area contributed by atoms with Crippen molar-refractivity contribution < 1.29 is 9.21 Å². The van der Waals surface area contributed by atoms with E-state index in [1.54, 1.807) is 6.26 Å². The number of fused-ring (bicyclic) bond motifs is 1. The molecule has 2 aromatic heterocycles. The summed E-state index contributed by atoms with van der Waals surface area (Å²) in [5.41, 5.74) is 2.19. The summed E-state index contributed by atoms with van der Waals surface area (Å²) in [5, 5.41) is 0.884. The van der Waals surface area contributed by atoms with Gasteiger partial charge in [-0.1, -0.05) is 32.0 Å². The van der Waals surface area contributed by atoms with Gasteiger partial charge in [0.2, 0.25) is 0 Å². The van der Waals surface area contributed by atoms with E-state index in [9.17, 15) is 4.79 Å². The number of para-hydroxylation sites is 1. The average molecular weight is 322 g/mol. The van der Waals surface area contributed by atoms with Crippen molar-refractivity contribution in [3.8, 4) is 11.5 Å². The van der Waals surface area contributed by atoms with Crippen LogP contribution < -0.4 is 0 Å². The van der Waals surface area contributed by atoms with E-state index in [2.05, 4.69) is 18.8 Å². The quantitative estimate of drug-likeness (QED) is 0.657. The maximum atomic E-state index is 13.1. The van der Waals surface area contributed by atoms with Gasteiger partial charge in [-0.15, -0.1) is 0 Å². The number of pyridine rings is 1. The molecule has 24 heavy (non-hydrogen) atoms. The second-order valence-electron chi connectivity index (χ2n) is 5.84. The second-order valence-corrected chi connectivity index (χ2v) is 5.84. The van der Waals surface area contributed by atoms with E-state index in [1.165, 1.54) is 0 Å². The van der Waals surface area contributed by atoms with Gasteiger partial charge in [0.1, 0.15) is 5.69 Å². The van der Waals surface area contributed by atoms with Crippen molar-refractivity contribution >= 4 is 16.8 Å². The van der Waals surface area contributed by atoms with E-state index in [0.29, 0.717) is 17.0 Å². The lowest BCUT2D eigenvalue weighted by atomic mass is 10.1. The first-order valence-electron chi connectivity index (χ1n) is 8.47. The first-order chi connectivity index (χ1) is 11.7. The van der Waals surface area contributed by atoms with Crippen LogP contribution in [0.5, 0.6) is 0 Å². The van der Waals surface area contributed by atoms with Crippen molar-refractivity contribution in [2.45, 2.75) is 26.7 Å². The van der Waals surface area contributed by atoms with Gasteiger partial charge >= 0.3 is 0 Å². The zero-order valence-corrected chi connectivity index (χ0v) is 14.2. The summed E-state index contributed by atoms with van der Waals surface area (Å²) in [5.74, 6) is 0.734. The largest absolute Gasteiger partial charge is 0.463 e. The predicted octanol–water partition coefficient (Wildman–Crippen LogP) is 4.76. The number of amides is 1. The van der Waals surface area contributed by atoms with E-state index in [-0.39, 0.29) is 5.91 Å². The number of benzene rings is 1. The standard InChI is InChI=1S/C20H22N2O2/c1-3-11-22(12-4-2)20(23)16-14-18(19-10-7-13-24-19)21-17-9-6-5-8-15(16)17/h5-10,13-14H,3-4,11-12H2,1-2H3. The Bertz CT molecular complexity index is 819. The number of furan rings is 1. The molecule has 0 aliphatic heterocycles. The maximum Gasteiger partial charge on any atom is 0.254 e. The molecule has 1 amide bonds. The van der Waals surface area contributed by atoms with Crippen LogP contribution in [-0.4, -0.2) is 28.9 Å². The topological polar surface area (TPSA) is 46.3 Å². The SMILES string of the molecule is CCCN(CCC)C(=O)c1cc(-c2ccco2)nc2ccccc12. The molecule has 0 bridgehead atoms. The van der Waals surface area contributed by atoms with Gasteiger partial charge in [0, 0.05) is 18.5 Å². The molecule has 1 aromatic carbocycles. The molecule has 0 spiro atoms. The zero-order valence-electron chi connectivity index (χ0n) is 14.2.